The van der Waals surface area contributed by atoms with Crippen molar-refractivity contribution in [2.45, 2.75) is 52.1 Å². The van der Waals surface area contributed by atoms with Gasteiger partial charge in [-0.2, -0.15) is 0 Å². The highest BCUT2D eigenvalue weighted by Gasteiger charge is 2.22. The van der Waals surface area contributed by atoms with Gasteiger partial charge in [0.2, 0.25) is 0 Å². The first-order valence-corrected chi connectivity index (χ1v) is 9.78. The van der Waals surface area contributed by atoms with Crippen molar-refractivity contribution in [3.63, 3.8) is 0 Å². The van der Waals surface area contributed by atoms with Crippen LogP contribution < -0.4 is 4.90 Å². The van der Waals surface area contributed by atoms with Gasteiger partial charge in [0.25, 0.3) is 5.91 Å². The van der Waals surface area contributed by atoms with Crippen LogP contribution in [-0.4, -0.2) is 34.9 Å². The zero-order valence-corrected chi connectivity index (χ0v) is 15.9. The maximum atomic E-state index is 12.9. The first-order chi connectivity index (χ1) is 12.7. The smallest absolute Gasteiger partial charge is 0.255 e. The zero-order chi connectivity index (χ0) is 18.4. The van der Waals surface area contributed by atoms with Gasteiger partial charge >= 0.3 is 0 Å². The molecule has 1 aliphatic rings. The van der Waals surface area contributed by atoms with E-state index in [4.69, 9.17) is 0 Å². The number of carbonyl (C=O) groups is 1. The van der Waals surface area contributed by atoms with Gasteiger partial charge in [0.05, 0.1) is 5.56 Å². The number of rotatable bonds is 6. The average molecular weight is 351 g/mol. The lowest BCUT2D eigenvalue weighted by Crippen LogP contribution is -2.39. The Morgan fingerprint density at radius 3 is 2.62 bits per heavy atom. The topological polar surface area (TPSA) is 36.4 Å². The number of amides is 1. The van der Waals surface area contributed by atoms with Crippen LogP contribution in [0.3, 0.4) is 0 Å². The number of piperidine rings is 1. The van der Waals surface area contributed by atoms with Crippen LogP contribution in [0.2, 0.25) is 0 Å². The van der Waals surface area contributed by atoms with E-state index in [1.807, 2.05) is 42.2 Å². The summed E-state index contributed by atoms with van der Waals surface area (Å²) in [5.41, 5.74) is 1.81. The quantitative estimate of drug-likeness (QED) is 0.768. The Morgan fingerprint density at radius 1 is 1.15 bits per heavy atom. The van der Waals surface area contributed by atoms with E-state index in [1.54, 1.807) is 6.20 Å². The van der Waals surface area contributed by atoms with Gasteiger partial charge in [-0.25, -0.2) is 4.98 Å². The molecule has 0 saturated carbocycles. The third kappa shape index (κ3) is 4.24. The van der Waals surface area contributed by atoms with Crippen LogP contribution in [0.5, 0.6) is 0 Å². The number of pyridine rings is 1. The Hall–Kier alpha value is -2.36. The maximum Gasteiger partial charge on any atom is 0.255 e. The van der Waals surface area contributed by atoms with E-state index in [1.165, 1.54) is 19.3 Å². The molecule has 1 amide bonds. The molecule has 2 heterocycles. The molecule has 26 heavy (non-hydrogen) atoms. The van der Waals surface area contributed by atoms with Gasteiger partial charge in [-0.3, -0.25) is 4.79 Å². The number of benzene rings is 1. The maximum absolute atomic E-state index is 12.9. The van der Waals surface area contributed by atoms with Gasteiger partial charge in [0, 0.05) is 31.9 Å². The Kier molecular flexibility index (Phi) is 6.26. The highest BCUT2D eigenvalue weighted by Crippen LogP contribution is 2.25. The molecule has 4 heteroatoms. The van der Waals surface area contributed by atoms with Crippen molar-refractivity contribution in [2.24, 2.45) is 0 Å². The predicted octanol–water partition coefficient (Wildman–Crippen LogP) is 4.51. The molecule has 1 fully saturated rings. The molecule has 1 saturated heterocycles. The third-order valence-corrected chi connectivity index (χ3v) is 5.27. The van der Waals surface area contributed by atoms with Crippen molar-refractivity contribution in [1.29, 1.82) is 0 Å². The SMILES string of the molecule is CCC1CCCCN1c1ccc(C(=O)N(CC)Cc2ccccc2)cn1. The van der Waals surface area contributed by atoms with Crippen molar-refractivity contribution in [1.82, 2.24) is 9.88 Å². The molecule has 0 N–H and O–H groups in total. The number of hydrogen-bond donors (Lipinski definition) is 0. The lowest BCUT2D eigenvalue weighted by atomic mass is 10.00. The van der Waals surface area contributed by atoms with E-state index < -0.39 is 0 Å². The first kappa shape index (κ1) is 18.4. The summed E-state index contributed by atoms with van der Waals surface area (Å²) in [6, 6.07) is 14.6. The lowest BCUT2D eigenvalue weighted by molar-refractivity contribution is 0.0752. The van der Waals surface area contributed by atoms with Crippen LogP contribution in [0, 0.1) is 0 Å². The third-order valence-electron chi connectivity index (χ3n) is 5.27. The van der Waals surface area contributed by atoms with Crippen LogP contribution in [0.1, 0.15) is 55.5 Å². The second-order valence-corrected chi connectivity index (χ2v) is 6.96. The predicted molar refractivity (Wildman–Crippen MR) is 106 cm³/mol. The normalized spacial score (nSPS) is 17.2. The van der Waals surface area contributed by atoms with Crippen molar-refractivity contribution in [3.05, 3.63) is 59.8 Å². The highest BCUT2D eigenvalue weighted by atomic mass is 16.2. The first-order valence-electron chi connectivity index (χ1n) is 9.78. The second-order valence-electron chi connectivity index (χ2n) is 6.96. The number of hydrogen-bond acceptors (Lipinski definition) is 3. The molecular formula is C22H29N3O. The largest absolute Gasteiger partial charge is 0.354 e. The van der Waals surface area contributed by atoms with Gasteiger partial charge in [-0.15, -0.1) is 0 Å². The summed E-state index contributed by atoms with van der Waals surface area (Å²) in [5, 5.41) is 0. The van der Waals surface area contributed by atoms with E-state index in [-0.39, 0.29) is 5.91 Å². The number of carbonyl (C=O) groups excluding carboxylic acids is 1. The van der Waals surface area contributed by atoms with Crippen molar-refractivity contribution in [3.8, 4) is 0 Å². The molecule has 2 aromatic rings. The Morgan fingerprint density at radius 2 is 1.96 bits per heavy atom. The number of anilines is 1. The summed E-state index contributed by atoms with van der Waals surface area (Å²) >= 11 is 0. The fourth-order valence-electron chi connectivity index (χ4n) is 3.72. The summed E-state index contributed by atoms with van der Waals surface area (Å²) in [4.78, 5) is 21.7. The molecule has 1 atom stereocenters. The summed E-state index contributed by atoms with van der Waals surface area (Å²) in [6.45, 7) is 6.63. The minimum atomic E-state index is 0.0427. The molecule has 1 aromatic carbocycles. The van der Waals surface area contributed by atoms with Crippen LogP contribution in [0.4, 0.5) is 5.82 Å². The molecule has 0 spiro atoms. The molecule has 1 aromatic heterocycles. The average Bonchev–Trinajstić information content (AvgIpc) is 2.72. The van der Waals surface area contributed by atoms with Crippen LogP contribution >= 0.6 is 0 Å². The van der Waals surface area contributed by atoms with E-state index in [0.717, 1.165) is 24.3 Å². The Balaban J connectivity index is 1.71. The van der Waals surface area contributed by atoms with Crippen LogP contribution in [0.25, 0.3) is 0 Å². The zero-order valence-electron chi connectivity index (χ0n) is 15.9. The number of nitrogens with zero attached hydrogens (tertiary/aromatic N) is 3. The van der Waals surface area contributed by atoms with Gasteiger partial charge in [-0.1, -0.05) is 37.3 Å². The molecule has 138 valence electrons. The van der Waals surface area contributed by atoms with Gasteiger partial charge in [0.15, 0.2) is 0 Å². The molecule has 1 unspecified atom stereocenters. The van der Waals surface area contributed by atoms with Gasteiger partial charge < -0.3 is 9.80 Å². The second kappa shape index (κ2) is 8.84. The summed E-state index contributed by atoms with van der Waals surface area (Å²) in [7, 11) is 0. The molecular weight excluding hydrogens is 322 g/mol. The highest BCUT2D eigenvalue weighted by molar-refractivity contribution is 5.94. The molecule has 4 nitrogen and oxygen atoms in total. The van der Waals surface area contributed by atoms with Gasteiger partial charge in [-0.05, 0) is 50.3 Å². The van der Waals surface area contributed by atoms with E-state index in [0.29, 0.717) is 24.7 Å². The van der Waals surface area contributed by atoms with Crippen molar-refractivity contribution in [2.75, 3.05) is 18.0 Å². The monoisotopic (exact) mass is 351 g/mol. The van der Waals surface area contributed by atoms with E-state index >= 15 is 0 Å². The van der Waals surface area contributed by atoms with E-state index in [9.17, 15) is 4.79 Å². The summed E-state index contributed by atoms with van der Waals surface area (Å²) in [6.07, 6.45) is 6.64. The van der Waals surface area contributed by atoms with Crippen molar-refractivity contribution >= 4 is 11.7 Å². The molecule has 3 rings (SSSR count). The summed E-state index contributed by atoms with van der Waals surface area (Å²) in [5.74, 6) is 1.04. The fraction of sp³-hybridized carbons (Fsp3) is 0.455. The Bertz CT molecular complexity index is 699. The minimum absolute atomic E-state index is 0.0427. The number of aromatic nitrogens is 1. The standard InChI is InChI=1S/C22H29N3O/c1-3-20-12-8-9-15-25(20)21-14-13-19(16-23-21)22(26)24(4-2)17-18-10-6-5-7-11-18/h5-7,10-11,13-14,16,20H,3-4,8-9,12,15,17H2,1-2H3. The molecule has 1 aliphatic heterocycles. The van der Waals surface area contributed by atoms with Crippen LogP contribution in [-0.2, 0) is 6.54 Å². The summed E-state index contributed by atoms with van der Waals surface area (Å²) < 4.78 is 0. The fourth-order valence-corrected chi connectivity index (χ4v) is 3.72. The van der Waals surface area contributed by atoms with E-state index in [2.05, 4.69) is 28.9 Å². The molecule has 0 aliphatic carbocycles. The van der Waals surface area contributed by atoms with Crippen LogP contribution in [0.15, 0.2) is 48.7 Å². The lowest BCUT2D eigenvalue weighted by Gasteiger charge is -2.36. The minimum Gasteiger partial charge on any atom is -0.354 e. The van der Waals surface area contributed by atoms with Gasteiger partial charge in [0.1, 0.15) is 5.82 Å². The van der Waals surface area contributed by atoms with Crippen molar-refractivity contribution < 1.29 is 4.79 Å². The molecule has 0 bridgehead atoms. The molecule has 0 radical (unpaired) electrons. The Labute approximate surface area is 156 Å².